The smallest absolute Gasteiger partial charge is 0.258 e. The van der Waals surface area contributed by atoms with Crippen LogP contribution < -0.4 is 10.5 Å². The maximum absolute atomic E-state index is 13.1. The fourth-order valence-electron chi connectivity index (χ4n) is 4.66. The number of aliphatic hydroxyl groups is 1. The summed E-state index contributed by atoms with van der Waals surface area (Å²) < 4.78 is 8.87. The first-order valence-electron chi connectivity index (χ1n) is 11.8. The molecular weight excluding hydrogens is 468 g/mol. The van der Waals surface area contributed by atoms with Gasteiger partial charge in [-0.05, 0) is 32.0 Å². The molecule has 4 aromatic heterocycles. The van der Waals surface area contributed by atoms with Crippen LogP contribution in [0, 0.1) is 6.92 Å². The predicted molar refractivity (Wildman–Crippen MR) is 137 cm³/mol. The zero-order chi connectivity index (χ0) is 24.5. The Kier molecular flexibility index (Phi) is 6.75. The molecule has 4 aromatic rings. The Morgan fingerprint density at radius 2 is 2.00 bits per heavy atom. The molecule has 0 saturated carbocycles. The van der Waals surface area contributed by atoms with Crippen molar-refractivity contribution >= 4 is 28.6 Å². The minimum Gasteiger partial charge on any atom is -0.394 e. The number of ether oxygens (including phenoxy) is 1. The van der Waals surface area contributed by atoms with Crippen molar-refractivity contribution in [2.24, 2.45) is 0 Å². The van der Waals surface area contributed by atoms with E-state index in [2.05, 4.69) is 21.7 Å². The number of fused-ring (bicyclic) bond motifs is 2. The van der Waals surface area contributed by atoms with Gasteiger partial charge in [0.2, 0.25) is 0 Å². The van der Waals surface area contributed by atoms with Crippen LogP contribution in [0.15, 0.2) is 47.7 Å². The fraction of sp³-hybridized carbons (Fsp3) is 0.400. The summed E-state index contributed by atoms with van der Waals surface area (Å²) in [7, 11) is 0. The maximum Gasteiger partial charge on any atom is 0.258 e. The number of nitrogens with zero attached hydrogens (tertiary/aromatic N) is 6. The van der Waals surface area contributed by atoms with Crippen LogP contribution in [0.4, 0.5) is 5.69 Å². The van der Waals surface area contributed by atoms with E-state index in [1.807, 2.05) is 42.0 Å². The van der Waals surface area contributed by atoms with E-state index in [9.17, 15) is 4.79 Å². The minimum absolute atomic E-state index is 0.0499. The highest BCUT2D eigenvalue weighted by Gasteiger charge is 2.24. The van der Waals surface area contributed by atoms with Crippen LogP contribution in [-0.2, 0) is 4.74 Å². The molecule has 1 N–H and O–H groups in total. The lowest BCUT2D eigenvalue weighted by molar-refractivity contribution is 0.0624. The van der Waals surface area contributed by atoms with Gasteiger partial charge in [0.05, 0.1) is 41.9 Å². The average molecular weight is 497 g/mol. The Hall–Kier alpha value is -2.98. The van der Waals surface area contributed by atoms with Gasteiger partial charge in [-0.3, -0.25) is 14.1 Å². The van der Waals surface area contributed by atoms with Gasteiger partial charge in [-0.15, -0.1) is 0 Å². The summed E-state index contributed by atoms with van der Waals surface area (Å²) in [6.07, 6.45) is 5.66. The Labute approximate surface area is 208 Å². The molecule has 184 valence electrons. The summed E-state index contributed by atoms with van der Waals surface area (Å²) in [6.45, 7) is 8.61. The second-order valence-electron chi connectivity index (χ2n) is 8.95. The maximum atomic E-state index is 13.1. The zero-order valence-electron chi connectivity index (χ0n) is 19.9. The van der Waals surface area contributed by atoms with Crippen molar-refractivity contribution in [3.05, 3.63) is 63.9 Å². The Bertz CT molecular complexity index is 1420. The van der Waals surface area contributed by atoms with Gasteiger partial charge in [0, 0.05) is 62.4 Å². The summed E-state index contributed by atoms with van der Waals surface area (Å²) in [5.41, 5.74) is 4.32. The second-order valence-corrected chi connectivity index (χ2v) is 9.36. The fourth-order valence-corrected chi connectivity index (χ4v) is 4.91. The van der Waals surface area contributed by atoms with Gasteiger partial charge in [0.1, 0.15) is 5.65 Å². The third-order valence-electron chi connectivity index (χ3n) is 6.46. The Morgan fingerprint density at radius 3 is 2.80 bits per heavy atom. The van der Waals surface area contributed by atoms with Gasteiger partial charge in [-0.1, -0.05) is 11.6 Å². The van der Waals surface area contributed by atoms with Crippen molar-refractivity contribution in [1.29, 1.82) is 0 Å². The summed E-state index contributed by atoms with van der Waals surface area (Å²) in [6, 6.07) is 7.60. The highest BCUT2D eigenvalue weighted by molar-refractivity contribution is 6.33. The molecule has 5 rings (SSSR count). The van der Waals surface area contributed by atoms with Gasteiger partial charge in [-0.2, -0.15) is 0 Å². The third kappa shape index (κ3) is 4.90. The number of aryl methyl sites for hydroxylation is 1. The van der Waals surface area contributed by atoms with Crippen molar-refractivity contribution < 1.29 is 9.84 Å². The Balaban J connectivity index is 1.37. The number of pyridine rings is 2. The van der Waals surface area contributed by atoms with Crippen LogP contribution in [-0.4, -0.2) is 80.8 Å². The van der Waals surface area contributed by atoms with E-state index in [0.717, 1.165) is 43.1 Å². The molecule has 1 aliphatic heterocycles. The summed E-state index contributed by atoms with van der Waals surface area (Å²) in [5.74, 6) is 0. The first-order chi connectivity index (χ1) is 16.9. The number of imidazole rings is 1. The average Bonchev–Trinajstić information content (AvgIpc) is 3.23. The molecule has 1 fully saturated rings. The monoisotopic (exact) mass is 496 g/mol. The number of hydrogen-bond donors (Lipinski definition) is 1. The third-order valence-corrected chi connectivity index (χ3v) is 6.73. The largest absolute Gasteiger partial charge is 0.394 e. The highest BCUT2D eigenvalue weighted by Crippen LogP contribution is 2.25. The van der Waals surface area contributed by atoms with E-state index in [1.165, 1.54) is 0 Å². The quantitative estimate of drug-likeness (QED) is 0.393. The number of anilines is 1. The zero-order valence-corrected chi connectivity index (χ0v) is 20.6. The van der Waals surface area contributed by atoms with Crippen LogP contribution in [0.25, 0.3) is 22.6 Å². The van der Waals surface area contributed by atoms with E-state index in [0.29, 0.717) is 41.3 Å². The lowest BCUT2D eigenvalue weighted by Crippen LogP contribution is -2.52. The normalized spacial score (nSPS) is 17.0. The number of halogens is 1. The number of aromatic nitrogens is 4. The molecule has 10 heteroatoms. The van der Waals surface area contributed by atoms with E-state index >= 15 is 0 Å². The lowest BCUT2D eigenvalue weighted by atomic mass is 10.1. The molecule has 0 aromatic carbocycles. The van der Waals surface area contributed by atoms with Gasteiger partial charge in [-0.25, -0.2) is 9.97 Å². The summed E-state index contributed by atoms with van der Waals surface area (Å²) in [5, 5.41) is 9.37. The second kappa shape index (κ2) is 9.94. The van der Waals surface area contributed by atoms with Crippen LogP contribution in [0.1, 0.15) is 12.6 Å². The van der Waals surface area contributed by atoms with Crippen LogP contribution in [0.2, 0.25) is 5.02 Å². The summed E-state index contributed by atoms with van der Waals surface area (Å²) >= 11 is 6.43. The molecule has 0 amide bonds. The minimum atomic E-state index is -0.141. The standard InChI is InChI=1S/C25H29ClN6O3/c1-17-13-31-15-19(11-21(26)25(31)27-17)22-12-24(34)32-16-20(3-4-23(32)28-22)30-6-5-29(18(2)14-30)7-9-35-10-8-33/h3-4,11-13,15-16,18,33H,5-10,14H2,1-2H3/t18-/m0/s1. The van der Waals surface area contributed by atoms with E-state index < -0.39 is 0 Å². The molecule has 5 heterocycles. The molecule has 1 atom stereocenters. The molecule has 9 nitrogen and oxygen atoms in total. The first-order valence-corrected chi connectivity index (χ1v) is 12.2. The number of hydrogen-bond acceptors (Lipinski definition) is 7. The van der Waals surface area contributed by atoms with Crippen LogP contribution in [0.5, 0.6) is 0 Å². The van der Waals surface area contributed by atoms with E-state index in [-0.39, 0.29) is 12.2 Å². The predicted octanol–water partition coefficient (Wildman–Crippen LogP) is 2.49. The number of piperazine rings is 1. The molecule has 0 bridgehead atoms. The number of rotatable bonds is 7. The summed E-state index contributed by atoms with van der Waals surface area (Å²) in [4.78, 5) is 26.9. The van der Waals surface area contributed by atoms with Crippen LogP contribution in [0.3, 0.4) is 0 Å². The van der Waals surface area contributed by atoms with Gasteiger partial charge >= 0.3 is 0 Å². The molecule has 35 heavy (non-hydrogen) atoms. The first kappa shape index (κ1) is 23.7. The van der Waals surface area contributed by atoms with Gasteiger partial charge in [0.15, 0.2) is 5.65 Å². The molecule has 0 unspecified atom stereocenters. The van der Waals surface area contributed by atoms with Crippen molar-refractivity contribution in [3.8, 4) is 11.3 Å². The molecular formula is C25H29ClN6O3. The molecule has 0 radical (unpaired) electrons. The van der Waals surface area contributed by atoms with Gasteiger partial charge < -0.3 is 19.1 Å². The topological polar surface area (TPSA) is 87.6 Å². The lowest BCUT2D eigenvalue weighted by Gasteiger charge is -2.41. The van der Waals surface area contributed by atoms with E-state index in [4.69, 9.17) is 26.4 Å². The van der Waals surface area contributed by atoms with Crippen molar-refractivity contribution in [2.75, 3.05) is 50.9 Å². The molecule has 0 aliphatic carbocycles. The van der Waals surface area contributed by atoms with Crippen molar-refractivity contribution in [2.45, 2.75) is 19.9 Å². The molecule has 1 aliphatic rings. The van der Waals surface area contributed by atoms with Gasteiger partial charge in [0.25, 0.3) is 5.56 Å². The number of aliphatic hydroxyl groups excluding tert-OH is 1. The Morgan fingerprint density at radius 1 is 1.14 bits per heavy atom. The van der Waals surface area contributed by atoms with Crippen molar-refractivity contribution in [3.63, 3.8) is 0 Å². The van der Waals surface area contributed by atoms with Crippen molar-refractivity contribution in [1.82, 2.24) is 23.7 Å². The van der Waals surface area contributed by atoms with Crippen LogP contribution >= 0.6 is 11.6 Å². The van der Waals surface area contributed by atoms with E-state index in [1.54, 1.807) is 16.5 Å². The molecule has 1 saturated heterocycles. The SMILES string of the molecule is Cc1cn2cc(-c3cc(=O)n4cc(N5CCN(CCOCCO)[C@@H](C)C5)ccc4n3)cc(Cl)c2n1. The highest BCUT2D eigenvalue weighted by atomic mass is 35.5. The molecule has 0 spiro atoms.